The molecular weight excluding hydrogens is 528 g/mol. The minimum absolute atomic E-state index is 0. The Hall–Kier alpha value is -3.14. The van der Waals surface area contributed by atoms with Gasteiger partial charge in [-0.05, 0) is 29.1 Å². The summed E-state index contributed by atoms with van der Waals surface area (Å²) in [5.74, 6) is -0.940. The smallest absolute Gasteiger partial charge is 0.337 e. The summed E-state index contributed by atoms with van der Waals surface area (Å²) < 4.78 is 0. The molecule has 4 nitrogen and oxygen atoms in total. The predicted molar refractivity (Wildman–Crippen MR) is 107 cm³/mol. The van der Waals surface area contributed by atoms with Gasteiger partial charge in [-0.2, -0.15) is 0 Å². The minimum atomic E-state index is -0.940. The SMILES string of the molecule is O=C(O)c1cccc2cccnc12.[Ir].[c-]1cccc2ccc3cccnc3c12. The molecule has 1 N–H and O–H groups in total. The molecule has 0 fully saturated rings. The molecule has 28 heavy (non-hydrogen) atoms. The van der Waals surface area contributed by atoms with Crippen LogP contribution in [0.1, 0.15) is 10.4 Å². The average molecular weight is 544 g/mol. The monoisotopic (exact) mass is 544 g/mol. The average Bonchev–Trinajstić information content (AvgIpc) is 2.73. The Kier molecular flexibility index (Phi) is 6.09. The molecule has 5 heteroatoms. The number of hydrogen-bond acceptors (Lipinski definition) is 3. The van der Waals surface area contributed by atoms with E-state index >= 15 is 0 Å². The zero-order valence-corrected chi connectivity index (χ0v) is 17.1. The number of aromatic carboxylic acids is 1. The first-order valence-electron chi connectivity index (χ1n) is 8.45. The topological polar surface area (TPSA) is 63.1 Å². The second-order valence-electron chi connectivity index (χ2n) is 5.96. The Morgan fingerprint density at radius 2 is 1.36 bits per heavy atom. The molecule has 0 unspecified atom stereocenters. The van der Waals surface area contributed by atoms with Crippen LogP contribution in [0.15, 0.2) is 85.2 Å². The second-order valence-corrected chi connectivity index (χ2v) is 5.96. The molecule has 139 valence electrons. The van der Waals surface area contributed by atoms with Crippen molar-refractivity contribution in [1.29, 1.82) is 0 Å². The fourth-order valence-corrected chi connectivity index (χ4v) is 3.01. The van der Waals surface area contributed by atoms with Gasteiger partial charge in [0, 0.05) is 37.9 Å². The second kappa shape index (κ2) is 8.70. The normalized spacial score (nSPS) is 10.1. The van der Waals surface area contributed by atoms with Gasteiger partial charge in [-0.3, -0.25) is 4.98 Å². The van der Waals surface area contributed by atoms with Crippen LogP contribution >= 0.6 is 0 Å². The number of rotatable bonds is 1. The van der Waals surface area contributed by atoms with Crippen molar-refractivity contribution < 1.29 is 30.0 Å². The Bertz CT molecular complexity index is 1210. The van der Waals surface area contributed by atoms with E-state index in [-0.39, 0.29) is 25.7 Å². The van der Waals surface area contributed by atoms with Crippen molar-refractivity contribution in [3.63, 3.8) is 0 Å². The first-order chi connectivity index (χ1) is 13.2. The van der Waals surface area contributed by atoms with E-state index < -0.39 is 5.97 Å². The van der Waals surface area contributed by atoms with Gasteiger partial charge in [0.25, 0.3) is 0 Å². The van der Waals surface area contributed by atoms with Crippen LogP contribution in [-0.4, -0.2) is 21.0 Å². The van der Waals surface area contributed by atoms with Crippen molar-refractivity contribution in [3.8, 4) is 0 Å². The maximum Gasteiger partial charge on any atom is 0.337 e. The molecule has 0 saturated carbocycles. The number of nitrogens with zero attached hydrogens (tertiary/aromatic N) is 2. The Balaban J connectivity index is 0.000000156. The molecular formula is C23H15IrN2O2-. The fourth-order valence-electron chi connectivity index (χ4n) is 3.01. The zero-order chi connectivity index (χ0) is 18.6. The third-order valence-electron chi connectivity index (χ3n) is 4.27. The maximum absolute atomic E-state index is 10.8. The van der Waals surface area contributed by atoms with Crippen molar-refractivity contribution in [3.05, 3.63) is 96.8 Å². The standard InChI is InChI=1S/C13H8N.C10H7NO2.Ir/c1-2-6-12-10(4-1)7-8-11-5-3-9-14-13(11)12;12-10(13)8-5-1-3-7-4-2-6-11-9(7)8;/h1-5,7-9H;1-6H,(H,12,13);/q-1;;. The van der Waals surface area contributed by atoms with Crippen LogP contribution in [0, 0.1) is 6.07 Å². The first-order valence-corrected chi connectivity index (χ1v) is 8.45. The van der Waals surface area contributed by atoms with Crippen molar-refractivity contribution in [2.24, 2.45) is 0 Å². The van der Waals surface area contributed by atoms with E-state index in [1.165, 1.54) is 10.8 Å². The largest absolute Gasteiger partial charge is 0.478 e. The van der Waals surface area contributed by atoms with Crippen molar-refractivity contribution in [1.82, 2.24) is 9.97 Å². The van der Waals surface area contributed by atoms with Gasteiger partial charge in [0.15, 0.2) is 0 Å². The van der Waals surface area contributed by atoms with Crippen LogP contribution in [0.2, 0.25) is 0 Å². The van der Waals surface area contributed by atoms with Gasteiger partial charge in [0.1, 0.15) is 0 Å². The number of carbonyl (C=O) groups is 1. The summed E-state index contributed by atoms with van der Waals surface area (Å²) in [6, 6.07) is 26.2. The molecule has 0 amide bonds. The van der Waals surface area contributed by atoms with Crippen LogP contribution in [0.3, 0.4) is 0 Å². The van der Waals surface area contributed by atoms with E-state index in [4.69, 9.17) is 5.11 Å². The number of benzene rings is 3. The van der Waals surface area contributed by atoms with E-state index in [9.17, 15) is 4.79 Å². The van der Waals surface area contributed by atoms with E-state index in [1.54, 1.807) is 24.4 Å². The van der Waals surface area contributed by atoms with Crippen molar-refractivity contribution in [2.45, 2.75) is 0 Å². The summed E-state index contributed by atoms with van der Waals surface area (Å²) in [6.07, 6.45) is 3.41. The Morgan fingerprint density at radius 1 is 0.750 bits per heavy atom. The summed E-state index contributed by atoms with van der Waals surface area (Å²) in [5.41, 5.74) is 1.82. The van der Waals surface area contributed by atoms with Gasteiger partial charge in [0.2, 0.25) is 0 Å². The Labute approximate surface area is 175 Å². The number of fused-ring (bicyclic) bond motifs is 4. The van der Waals surface area contributed by atoms with Crippen LogP contribution in [-0.2, 0) is 20.1 Å². The van der Waals surface area contributed by atoms with Crippen molar-refractivity contribution in [2.75, 3.05) is 0 Å². The quantitative estimate of drug-likeness (QED) is 0.236. The summed E-state index contributed by atoms with van der Waals surface area (Å²) in [5, 5.41) is 13.2. The summed E-state index contributed by atoms with van der Waals surface area (Å²) >= 11 is 0. The van der Waals surface area contributed by atoms with E-state index in [2.05, 4.69) is 40.3 Å². The first kappa shape index (κ1) is 19.6. The molecule has 0 spiro atoms. The predicted octanol–water partition coefficient (Wildman–Crippen LogP) is 5.12. The van der Waals surface area contributed by atoms with Crippen LogP contribution < -0.4 is 0 Å². The van der Waals surface area contributed by atoms with E-state index in [0.717, 1.165) is 16.3 Å². The maximum atomic E-state index is 10.8. The van der Waals surface area contributed by atoms with Gasteiger partial charge in [-0.15, -0.1) is 35.0 Å². The van der Waals surface area contributed by atoms with Crippen LogP contribution in [0.4, 0.5) is 0 Å². The van der Waals surface area contributed by atoms with Gasteiger partial charge in [0.05, 0.1) is 11.1 Å². The third-order valence-corrected chi connectivity index (χ3v) is 4.27. The number of carboxylic acids is 1. The third kappa shape index (κ3) is 3.91. The number of hydrogen-bond donors (Lipinski definition) is 1. The summed E-state index contributed by atoms with van der Waals surface area (Å²) in [6.45, 7) is 0. The molecule has 2 heterocycles. The molecule has 0 saturated heterocycles. The molecule has 5 rings (SSSR count). The molecule has 0 bridgehead atoms. The van der Waals surface area contributed by atoms with Gasteiger partial charge < -0.3 is 10.1 Å². The van der Waals surface area contributed by atoms with Gasteiger partial charge in [-0.1, -0.05) is 36.4 Å². The van der Waals surface area contributed by atoms with Crippen molar-refractivity contribution >= 4 is 38.5 Å². The summed E-state index contributed by atoms with van der Waals surface area (Å²) in [7, 11) is 0. The number of aromatic nitrogens is 2. The molecule has 0 aliphatic carbocycles. The van der Waals surface area contributed by atoms with Crippen LogP contribution in [0.25, 0.3) is 32.6 Å². The molecule has 3 aromatic carbocycles. The molecule has 2 aromatic heterocycles. The number of carboxylic acid groups (broad SMARTS) is 1. The fraction of sp³-hybridized carbons (Fsp3) is 0. The number of para-hydroxylation sites is 1. The molecule has 0 aliphatic heterocycles. The molecule has 1 radical (unpaired) electrons. The molecule has 0 atom stereocenters. The molecule has 0 aliphatic rings. The van der Waals surface area contributed by atoms with Gasteiger partial charge in [-0.25, -0.2) is 4.79 Å². The van der Waals surface area contributed by atoms with E-state index in [0.29, 0.717) is 5.52 Å². The Morgan fingerprint density at radius 3 is 2.11 bits per heavy atom. The minimum Gasteiger partial charge on any atom is -0.478 e. The van der Waals surface area contributed by atoms with Gasteiger partial charge >= 0.3 is 5.97 Å². The molecule has 5 aromatic rings. The van der Waals surface area contributed by atoms with Crippen LogP contribution in [0.5, 0.6) is 0 Å². The van der Waals surface area contributed by atoms with E-state index in [1.807, 2.05) is 36.5 Å². The zero-order valence-electron chi connectivity index (χ0n) is 14.7. The summed E-state index contributed by atoms with van der Waals surface area (Å²) in [4.78, 5) is 19.2. The number of pyridine rings is 2.